The zero-order chi connectivity index (χ0) is 13.5. The number of hydrogen-bond donors (Lipinski definition) is 1. The number of anilines is 1. The van der Waals surface area contributed by atoms with Crippen molar-refractivity contribution in [3.63, 3.8) is 0 Å². The van der Waals surface area contributed by atoms with Crippen molar-refractivity contribution in [3.05, 3.63) is 17.3 Å². The maximum atomic E-state index is 4.65. The van der Waals surface area contributed by atoms with Crippen LogP contribution in [-0.2, 0) is 0 Å². The van der Waals surface area contributed by atoms with Crippen LogP contribution in [0, 0.1) is 6.92 Å². The molecule has 2 aromatic rings. The largest absolute Gasteiger partial charge is 0.364 e. The summed E-state index contributed by atoms with van der Waals surface area (Å²) < 4.78 is 1.20. The number of aryl methyl sites for hydroxylation is 1. The van der Waals surface area contributed by atoms with Crippen LogP contribution in [0.1, 0.15) is 31.5 Å². The van der Waals surface area contributed by atoms with E-state index in [1.54, 1.807) is 11.3 Å². The molecule has 4 rings (SSSR count). The highest BCUT2D eigenvalue weighted by Gasteiger charge is 2.34. The van der Waals surface area contributed by atoms with E-state index in [1.807, 2.05) is 6.92 Å². The second-order valence-electron chi connectivity index (χ2n) is 5.89. The predicted octanol–water partition coefficient (Wildman–Crippen LogP) is 3.04. The minimum Gasteiger partial charge on any atom is -0.364 e. The lowest BCUT2D eigenvalue weighted by Crippen LogP contribution is -2.47. The second-order valence-corrected chi connectivity index (χ2v) is 6.81. The van der Waals surface area contributed by atoms with Crippen molar-refractivity contribution >= 4 is 27.4 Å². The molecule has 4 heterocycles. The van der Waals surface area contributed by atoms with Gasteiger partial charge in [-0.15, -0.1) is 11.3 Å². The second kappa shape index (κ2) is 4.97. The minimum absolute atomic E-state index is 0.547. The molecule has 0 radical (unpaired) electrons. The summed E-state index contributed by atoms with van der Waals surface area (Å²) in [4.78, 5) is 11.8. The summed E-state index contributed by atoms with van der Waals surface area (Å²) >= 11 is 1.74. The van der Waals surface area contributed by atoms with Gasteiger partial charge in [-0.1, -0.05) is 0 Å². The van der Waals surface area contributed by atoms with Gasteiger partial charge in [-0.3, -0.25) is 4.90 Å². The van der Waals surface area contributed by atoms with E-state index in [0.29, 0.717) is 12.1 Å². The number of aromatic nitrogens is 2. The van der Waals surface area contributed by atoms with Crippen molar-refractivity contribution in [3.8, 4) is 0 Å². The van der Waals surface area contributed by atoms with Crippen molar-refractivity contribution in [2.45, 2.75) is 44.7 Å². The molecule has 0 unspecified atom stereocenters. The maximum Gasteiger partial charge on any atom is 0.148 e. The number of fused-ring (bicyclic) bond motifs is 2. The molecule has 0 saturated carbocycles. The zero-order valence-electron chi connectivity index (χ0n) is 11.8. The van der Waals surface area contributed by atoms with Gasteiger partial charge in [0.05, 0.1) is 10.2 Å². The topological polar surface area (TPSA) is 41.1 Å². The fraction of sp³-hybridized carbons (Fsp3) is 0.600. The summed E-state index contributed by atoms with van der Waals surface area (Å²) in [7, 11) is 0. The lowest BCUT2D eigenvalue weighted by Gasteiger charge is -2.37. The fourth-order valence-corrected chi connectivity index (χ4v) is 4.50. The van der Waals surface area contributed by atoms with Crippen molar-refractivity contribution < 1.29 is 0 Å². The number of nitrogens with one attached hydrogen (secondary N) is 1. The first kappa shape index (κ1) is 12.5. The van der Waals surface area contributed by atoms with Crippen molar-refractivity contribution in [2.75, 3.05) is 18.4 Å². The third-order valence-electron chi connectivity index (χ3n) is 4.58. The highest BCUT2D eigenvalue weighted by molar-refractivity contribution is 7.17. The first-order valence-electron chi connectivity index (χ1n) is 7.54. The highest BCUT2D eigenvalue weighted by Crippen LogP contribution is 2.32. The summed E-state index contributed by atoms with van der Waals surface area (Å²) in [5, 5.41) is 5.84. The van der Waals surface area contributed by atoms with Gasteiger partial charge in [0.1, 0.15) is 11.6 Å². The molecule has 20 heavy (non-hydrogen) atoms. The SMILES string of the molecule is Cc1nc(N[C@H]2CCCN3CCC[C@@H]23)c2sccc2n1. The van der Waals surface area contributed by atoms with E-state index < -0.39 is 0 Å². The van der Waals surface area contributed by atoms with Crippen LogP contribution in [0.4, 0.5) is 5.82 Å². The number of piperidine rings is 1. The van der Waals surface area contributed by atoms with E-state index in [2.05, 4.69) is 31.6 Å². The number of rotatable bonds is 2. The summed E-state index contributed by atoms with van der Waals surface area (Å²) in [6.07, 6.45) is 5.23. The van der Waals surface area contributed by atoms with E-state index >= 15 is 0 Å². The number of thiophene rings is 1. The third kappa shape index (κ3) is 2.09. The first-order valence-corrected chi connectivity index (χ1v) is 8.42. The Kier molecular flexibility index (Phi) is 3.11. The van der Waals surface area contributed by atoms with E-state index in [1.165, 1.54) is 43.5 Å². The highest BCUT2D eigenvalue weighted by atomic mass is 32.1. The summed E-state index contributed by atoms with van der Waals surface area (Å²) in [5.41, 5.74) is 1.07. The maximum absolute atomic E-state index is 4.65. The van der Waals surface area contributed by atoms with E-state index in [9.17, 15) is 0 Å². The lowest BCUT2D eigenvalue weighted by molar-refractivity contribution is 0.183. The van der Waals surface area contributed by atoms with Crippen molar-refractivity contribution in [1.29, 1.82) is 0 Å². The van der Waals surface area contributed by atoms with Crippen LogP contribution in [0.3, 0.4) is 0 Å². The van der Waals surface area contributed by atoms with Gasteiger partial charge in [-0.25, -0.2) is 9.97 Å². The van der Waals surface area contributed by atoms with Crippen molar-refractivity contribution in [1.82, 2.24) is 14.9 Å². The Labute approximate surface area is 123 Å². The monoisotopic (exact) mass is 288 g/mol. The van der Waals surface area contributed by atoms with Gasteiger partial charge in [0, 0.05) is 12.1 Å². The molecule has 0 aliphatic carbocycles. The van der Waals surface area contributed by atoms with Crippen molar-refractivity contribution in [2.24, 2.45) is 0 Å². The molecule has 5 heteroatoms. The van der Waals surface area contributed by atoms with Crippen LogP contribution in [0.25, 0.3) is 10.2 Å². The van der Waals surface area contributed by atoms with Gasteiger partial charge in [0.2, 0.25) is 0 Å². The Morgan fingerprint density at radius 3 is 3.00 bits per heavy atom. The summed E-state index contributed by atoms with van der Waals surface area (Å²) in [5.74, 6) is 1.90. The van der Waals surface area contributed by atoms with Gasteiger partial charge < -0.3 is 5.32 Å². The molecule has 0 amide bonds. The Morgan fingerprint density at radius 1 is 1.25 bits per heavy atom. The van der Waals surface area contributed by atoms with Crippen LogP contribution >= 0.6 is 11.3 Å². The molecule has 0 spiro atoms. The standard InChI is InChI=1S/C15H20N4S/c1-10-16-12-6-9-20-14(12)15(17-10)18-11-4-2-7-19-8-3-5-13(11)19/h6,9,11,13H,2-5,7-8H2,1H3,(H,16,17,18)/t11-,13-/m0/s1. The molecule has 2 saturated heterocycles. The van der Waals surface area contributed by atoms with Gasteiger partial charge in [-0.05, 0) is 57.1 Å². The van der Waals surface area contributed by atoms with Crippen LogP contribution in [0.15, 0.2) is 11.4 Å². The first-order chi connectivity index (χ1) is 9.81. The van der Waals surface area contributed by atoms with Gasteiger partial charge in [-0.2, -0.15) is 0 Å². The van der Waals surface area contributed by atoms with Gasteiger partial charge >= 0.3 is 0 Å². The molecular weight excluding hydrogens is 268 g/mol. The fourth-order valence-electron chi connectivity index (χ4n) is 3.71. The Morgan fingerprint density at radius 2 is 2.10 bits per heavy atom. The average Bonchev–Trinajstić information content (AvgIpc) is 3.06. The minimum atomic E-state index is 0.547. The Balaban J connectivity index is 1.65. The Hall–Kier alpha value is -1.20. The third-order valence-corrected chi connectivity index (χ3v) is 5.49. The predicted molar refractivity (Wildman–Crippen MR) is 83.4 cm³/mol. The number of hydrogen-bond acceptors (Lipinski definition) is 5. The van der Waals surface area contributed by atoms with E-state index in [4.69, 9.17) is 0 Å². The molecule has 2 aliphatic rings. The van der Waals surface area contributed by atoms with Gasteiger partial charge in [0.25, 0.3) is 0 Å². The van der Waals surface area contributed by atoms with Gasteiger partial charge in [0.15, 0.2) is 0 Å². The quantitative estimate of drug-likeness (QED) is 0.922. The van der Waals surface area contributed by atoms with E-state index in [-0.39, 0.29) is 0 Å². The summed E-state index contributed by atoms with van der Waals surface area (Å²) in [6.45, 7) is 4.53. The molecular formula is C15H20N4S. The number of nitrogens with zero attached hydrogens (tertiary/aromatic N) is 3. The molecule has 2 aliphatic heterocycles. The lowest BCUT2D eigenvalue weighted by atomic mass is 9.96. The molecule has 0 bridgehead atoms. The summed E-state index contributed by atoms with van der Waals surface area (Å²) in [6, 6.07) is 3.34. The zero-order valence-corrected chi connectivity index (χ0v) is 12.6. The molecule has 106 valence electrons. The van der Waals surface area contributed by atoms with Crippen LogP contribution in [0.5, 0.6) is 0 Å². The van der Waals surface area contributed by atoms with Crippen LogP contribution < -0.4 is 5.32 Å². The Bertz CT molecular complexity index is 623. The molecule has 2 aromatic heterocycles. The molecule has 2 fully saturated rings. The molecule has 1 N–H and O–H groups in total. The molecule has 2 atom stereocenters. The normalized spacial score (nSPS) is 26.9. The molecule has 4 nitrogen and oxygen atoms in total. The average molecular weight is 288 g/mol. The van der Waals surface area contributed by atoms with Crippen LogP contribution in [-0.4, -0.2) is 40.0 Å². The van der Waals surface area contributed by atoms with E-state index in [0.717, 1.165) is 17.2 Å². The smallest absolute Gasteiger partial charge is 0.148 e. The van der Waals surface area contributed by atoms with Crippen LogP contribution in [0.2, 0.25) is 0 Å². The molecule has 0 aromatic carbocycles.